The molecule has 0 radical (unpaired) electrons. The van der Waals surface area contributed by atoms with Crippen LogP contribution in [0.4, 0.5) is 0 Å². The number of ether oxygens (including phenoxy) is 2. The quantitative estimate of drug-likeness (QED) is 0.672. The van der Waals surface area contributed by atoms with Gasteiger partial charge in [0.25, 0.3) is 5.91 Å². The highest BCUT2D eigenvalue weighted by molar-refractivity contribution is 7.08. The van der Waals surface area contributed by atoms with Crippen molar-refractivity contribution in [3.8, 4) is 11.5 Å². The molecule has 0 aliphatic rings. The standard InChI is InChI=1S/C18H22N2O4S/c1-23-15-6-5-13(16(10-15)24-2)11-20-17(21)4-3-8-19-18(22)14-7-9-25-12-14/h5-7,9-10,12H,3-4,8,11H2,1-2H3,(H,19,22)(H,20,21). The second-order valence-electron chi connectivity index (χ2n) is 5.33. The number of carbonyl (C=O) groups excluding carboxylic acids is 2. The third kappa shape index (κ3) is 5.79. The molecule has 2 N–H and O–H groups in total. The van der Waals surface area contributed by atoms with Crippen molar-refractivity contribution in [2.75, 3.05) is 20.8 Å². The van der Waals surface area contributed by atoms with Crippen LogP contribution < -0.4 is 20.1 Å². The first-order valence-electron chi connectivity index (χ1n) is 7.92. The summed E-state index contributed by atoms with van der Waals surface area (Å²) in [6.45, 7) is 0.848. The van der Waals surface area contributed by atoms with Gasteiger partial charge in [-0.25, -0.2) is 0 Å². The van der Waals surface area contributed by atoms with E-state index in [0.29, 0.717) is 43.0 Å². The number of amides is 2. The highest BCUT2D eigenvalue weighted by Crippen LogP contribution is 2.24. The Morgan fingerprint density at radius 2 is 1.96 bits per heavy atom. The van der Waals surface area contributed by atoms with Crippen LogP contribution in [-0.2, 0) is 11.3 Å². The molecule has 2 aromatic rings. The molecule has 134 valence electrons. The molecule has 25 heavy (non-hydrogen) atoms. The molecule has 0 aliphatic carbocycles. The lowest BCUT2D eigenvalue weighted by molar-refractivity contribution is -0.121. The van der Waals surface area contributed by atoms with Gasteiger partial charge >= 0.3 is 0 Å². The highest BCUT2D eigenvalue weighted by Gasteiger charge is 2.08. The summed E-state index contributed by atoms with van der Waals surface area (Å²) in [5.41, 5.74) is 1.53. The van der Waals surface area contributed by atoms with Crippen molar-refractivity contribution >= 4 is 23.2 Å². The Morgan fingerprint density at radius 1 is 1.12 bits per heavy atom. The van der Waals surface area contributed by atoms with Gasteiger partial charge in [-0.2, -0.15) is 11.3 Å². The summed E-state index contributed by atoms with van der Waals surface area (Å²) in [6.07, 6.45) is 0.934. The van der Waals surface area contributed by atoms with Crippen molar-refractivity contribution in [2.24, 2.45) is 0 Å². The van der Waals surface area contributed by atoms with Gasteiger partial charge in [0.05, 0.1) is 14.2 Å². The minimum absolute atomic E-state index is 0.0670. The van der Waals surface area contributed by atoms with Crippen LogP contribution in [0.15, 0.2) is 35.0 Å². The van der Waals surface area contributed by atoms with E-state index in [1.165, 1.54) is 11.3 Å². The van der Waals surface area contributed by atoms with Gasteiger partial charge in [0.1, 0.15) is 11.5 Å². The molecule has 7 heteroatoms. The van der Waals surface area contributed by atoms with Crippen molar-refractivity contribution in [2.45, 2.75) is 19.4 Å². The number of nitrogens with one attached hydrogen (secondary N) is 2. The van der Waals surface area contributed by atoms with Crippen LogP contribution in [0.5, 0.6) is 11.5 Å². The van der Waals surface area contributed by atoms with Crippen LogP contribution in [0.3, 0.4) is 0 Å². The maximum Gasteiger partial charge on any atom is 0.252 e. The predicted octanol–water partition coefficient (Wildman–Crippen LogP) is 2.59. The molecule has 0 saturated heterocycles. The Hall–Kier alpha value is -2.54. The van der Waals surface area contributed by atoms with Crippen LogP contribution in [0.1, 0.15) is 28.8 Å². The Balaban J connectivity index is 1.69. The molecule has 2 rings (SSSR count). The van der Waals surface area contributed by atoms with Gasteiger partial charge in [0, 0.05) is 42.1 Å². The largest absolute Gasteiger partial charge is 0.497 e. The van der Waals surface area contributed by atoms with Gasteiger partial charge in [0.2, 0.25) is 5.91 Å². The zero-order valence-corrected chi connectivity index (χ0v) is 15.2. The van der Waals surface area contributed by atoms with E-state index in [4.69, 9.17) is 9.47 Å². The zero-order valence-electron chi connectivity index (χ0n) is 14.3. The number of hydrogen-bond acceptors (Lipinski definition) is 5. The first-order chi connectivity index (χ1) is 12.1. The van der Waals surface area contributed by atoms with Crippen LogP contribution >= 0.6 is 11.3 Å². The Kier molecular flexibility index (Phi) is 7.28. The molecule has 0 unspecified atom stereocenters. The first kappa shape index (κ1) is 18.8. The van der Waals surface area contributed by atoms with Crippen LogP contribution in [0, 0.1) is 0 Å². The summed E-state index contributed by atoms with van der Waals surface area (Å²) in [5, 5.41) is 9.31. The molecule has 1 aromatic heterocycles. The Morgan fingerprint density at radius 3 is 2.64 bits per heavy atom. The van der Waals surface area contributed by atoms with E-state index in [1.807, 2.05) is 17.5 Å². The maximum absolute atomic E-state index is 11.9. The lowest BCUT2D eigenvalue weighted by atomic mass is 10.2. The number of rotatable bonds is 9. The van der Waals surface area contributed by atoms with Gasteiger partial charge in [-0.1, -0.05) is 0 Å². The molecule has 0 atom stereocenters. The van der Waals surface area contributed by atoms with E-state index in [1.54, 1.807) is 31.7 Å². The molecular formula is C18H22N2O4S. The van der Waals surface area contributed by atoms with E-state index in [9.17, 15) is 9.59 Å². The number of benzene rings is 1. The molecule has 6 nitrogen and oxygen atoms in total. The average molecular weight is 362 g/mol. The molecule has 1 aromatic carbocycles. The number of carbonyl (C=O) groups is 2. The van der Waals surface area contributed by atoms with E-state index < -0.39 is 0 Å². The fourth-order valence-corrected chi connectivity index (χ4v) is 2.86. The van der Waals surface area contributed by atoms with Gasteiger partial charge in [0.15, 0.2) is 0 Å². The number of hydrogen-bond donors (Lipinski definition) is 2. The second kappa shape index (κ2) is 9.68. The van der Waals surface area contributed by atoms with Gasteiger partial charge in [-0.15, -0.1) is 0 Å². The van der Waals surface area contributed by atoms with E-state index in [-0.39, 0.29) is 11.8 Å². The molecular weight excluding hydrogens is 340 g/mol. The Bertz CT molecular complexity index is 701. The van der Waals surface area contributed by atoms with Gasteiger partial charge in [-0.05, 0) is 30.0 Å². The number of methoxy groups -OCH3 is 2. The van der Waals surface area contributed by atoms with Crippen LogP contribution in [0.25, 0.3) is 0 Å². The molecule has 1 heterocycles. The molecule has 0 bridgehead atoms. The number of thiophene rings is 1. The van der Waals surface area contributed by atoms with Crippen molar-refractivity contribution in [3.63, 3.8) is 0 Å². The topological polar surface area (TPSA) is 76.7 Å². The zero-order chi connectivity index (χ0) is 18.1. The Labute approximate surface area is 151 Å². The van der Waals surface area contributed by atoms with Crippen LogP contribution in [-0.4, -0.2) is 32.6 Å². The molecule has 0 saturated carbocycles. The first-order valence-corrected chi connectivity index (χ1v) is 8.86. The molecule has 0 spiro atoms. The summed E-state index contributed by atoms with van der Waals surface area (Å²) in [6, 6.07) is 7.24. The summed E-state index contributed by atoms with van der Waals surface area (Å²) in [4.78, 5) is 23.7. The minimum Gasteiger partial charge on any atom is -0.497 e. The molecule has 2 amide bonds. The second-order valence-corrected chi connectivity index (χ2v) is 6.11. The van der Waals surface area contributed by atoms with Crippen molar-refractivity contribution < 1.29 is 19.1 Å². The normalized spacial score (nSPS) is 10.2. The summed E-state index contributed by atoms with van der Waals surface area (Å²) < 4.78 is 10.5. The summed E-state index contributed by atoms with van der Waals surface area (Å²) in [5.74, 6) is 1.20. The fourth-order valence-electron chi connectivity index (χ4n) is 2.23. The molecule has 0 aliphatic heterocycles. The third-order valence-electron chi connectivity index (χ3n) is 3.62. The van der Waals surface area contributed by atoms with E-state index in [2.05, 4.69) is 10.6 Å². The SMILES string of the molecule is COc1ccc(CNC(=O)CCCNC(=O)c2ccsc2)c(OC)c1. The average Bonchev–Trinajstić information content (AvgIpc) is 3.18. The third-order valence-corrected chi connectivity index (χ3v) is 4.30. The maximum atomic E-state index is 11.9. The van der Waals surface area contributed by atoms with Crippen LogP contribution in [0.2, 0.25) is 0 Å². The molecule has 0 fully saturated rings. The fraction of sp³-hybridized carbons (Fsp3) is 0.333. The van der Waals surface area contributed by atoms with Crippen molar-refractivity contribution in [1.29, 1.82) is 0 Å². The summed E-state index contributed by atoms with van der Waals surface area (Å²) >= 11 is 1.48. The van der Waals surface area contributed by atoms with E-state index in [0.717, 1.165) is 5.56 Å². The van der Waals surface area contributed by atoms with Crippen molar-refractivity contribution in [3.05, 3.63) is 46.2 Å². The monoisotopic (exact) mass is 362 g/mol. The highest BCUT2D eigenvalue weighted by atomic mass is 32.1. The summed E-state index contributed by atoms with van der Waals surface area (Å²) in [7, 11) is 3.17. The minimum atomic E-state index is -0.107. The smallest absolute Gasteiger partial charge is 0.252 e. The van der Waals surface area contributed by atoms with Gasteiger partial charge in [-0.3, -0.25) is 9.59 Å². The lowest BCUT2D eigenvalue weighted by Gasteiger charge is -2.11. The predicted molar refractivity (Wildman–Crippen MR) is 97.3 cm³/mol. The van der Waals surface area contributed by atoms with Crippen molar-refractivity contribution in [1.82, 2.24) is 10.6 Å². The lowest BCUT2D eigenvalue weighted by Crippen LogP contribution is -2.27. The van der Waals surface area contributed by atoms with E-state index >= 15 is 0 Å². The van der Waals surface area contributed by atoms with Gasteiger partial charge < -0.3 is 20.1 Å².